The number of rotatable bonds is 5. The van der Waals surface area contributed by atoms with E-state index in [-0.39, 0.29) is 30.8 Å². The second kappa shape index (κ2) is 6.73. The standard InChI is InChI=1S/C10H19BN2O4/c1-7(14)6-8-2-3-9(11(16)17-8)13-10(15)4-5-12/h8-9,16H,2-6,12H2,1H3,(H,13,15)/t8-,9-/m0/s1. The number of hydrogen-bond acceptors (Lipinski definition) is 5. The SMILES string of the molecule is CC(=O)C[C@@H]1CC[C@H](NC(=O)CCN)B(O)O1. The Morgan fingerprint density at radius 3 is 2.76 bits per heavy atom. The van der Waals surface area contributed by atoms with Gasteiger partial charge in [-0.1, -0.05) is 0 Å². The van der Waals surface area contributed by atoms with Crippen LogP contribution < -0.4 is 11.1 Å². The van der Waals surface area contributed by atoms with Crippen LogP contribution in [0.25, 0.3) is 0 Å². The molecule has 1 amide bonds. The van der Waals surface area contributed by atoms with Gasteiger partial charge in [0.1, 0.15) is 5.78 Å². The van der Waals surface area contributed by atoms with E-state index in [2.05, 4.69) is 5.32 Å². The van der Waals surface area contributed by atoms with E-state index in [0.717, 1.165) is 0 Å². The molecule has 1 aliphatic rings. The molecular weight excluding hydrogens is 223 g/mol. The van der Waals surface area contributed by atoms with E-state index in [1.54, 1.807) is 0 Å². The zero-order chi connectivity index (χ0) is 12.8. The van der Waals surface area contributed by atoms with E-state index in [1.807, 2.05) is 0 Å². The molecule has 1 aliphatic heterocycles. The minimum Gasteiger partial charge on any atom is -0.426 e. The van der Waals surface area contributed by atoms with Gasteiger partial charge < -0.3 is 20.7 Å². The van der Waals surface area contributed by atoms with Crippen molar-refractivity contribution in [3.05, 3.63) is 0 Å². The molecule has 1 saturated heterocycles. The summed E-state index contributed by atoms with van der Waals surface area (Å²) in [6, 6.07) is 0. The Bertz CT molecular complexity index is 287. The molecule has 2 atom stereocenters. The van der Waals surface area contributed by atoms with Crippen LogP contribution in [0.1, 0.15) is 32.6 Å². The monoisotopic (exact) mass is 242 g/mol. The molecule has 0 aromatic carbocycles. The average molecular weight is 242 g/mol. The predicted octanol–water partition coefficient (Wildman–Crippen LogP) is -1.00. The second-order valence-corrected chi connectivity index (χ2v) is 4.34. The fourth-order valence-corrected chi connectivity index (χ4v) is 1.89. The normalized spacial score (nSPS) is 24.5. The van der Waals surface area contributed by atoms with Crippen molar-refractivity contribution in [3.63, 3.8) is 0 Å². The topological polar surface area (TPSA) is 102 Å². The van der Waals surface area contributed by atoms with Crippen LogP contribution in [-0.2, 0) is 14.2 Å². The number of Topliss-reactive ketones (excluding diaryl/α,β-unsaturated/α-hetero) is 1. The quantitative estimate of drug-likeness (QED) is 0.536. The summed E-state index contributed by atoms with van der Waals surface area (Å²) in [5.74, 6) is -0.560. The van der Waals surface area contributed by atoms with Crippen molar-refractivity contribution >= 4 is 18.8 Å². The molecular formula is C10H19BN2O4. The lowest BCUT2D eigenvalue weighted by Crippen LogP contribution is -2.53. The molecule has 0 bridgehead atoms. The third-order valence-electron chi connectivity index (χ3n) is 2.71. The maximum absolute atomic E-state index is 11.3. The molecule has 1 fully saturated rings. The predicted molar refractivity (Wildman–Crippen MR) is 63.0 cm³/mol. The Kier molecular flexibility index (Phi) is 5.60. The third-order valence-corrected chi connectivity index (χ3v) is 2.71. The van der Waals surface area contributed by atoms with E-state index >= 15 is 0 Å². The largest absolute Gasteiger partial charge is 0.478 e. The maximum atomic E-state index is 11.3. The van der Waals surface area contributed by atoms with Crippen LogP contribution in [0.2, 0.25) is 0 Å². The molecule has 1 rings (SSSR count). The second-order valence-electron chi connectivity index (χ2n) is 4.34. The van der Waals surface area contributed by atoms with Crippen LogP contribution in [-0.4, -0.2) is 42.4 Å². The van der Waals surface area contributed by atoms with Crippen LogP contribution in [0.3, 0.4) is 0 Å². The van der Waals surface area contributed by atoms with Gasteiger partial charge in [-0.3, -0.25) is 9.59 Å². The number of carbonyl (C=O) groups is 2. The molecule has 0 unspecified atom stereocenters. The first-order valence-corrected chi connectivity index (χ1v) is 5.85. The Morgan fingerprint density at radius 1 is 1.53 bits per heavy atom. The molecule has 0 aromatic rings. The zero-order valence-electron chi connectivity index (χ0n) is 10.0. The number of nitrogens with one attached hydrogen (secondary N) is 1. The molecule has 1 heterocycles. The lowest BCUT2D eigenvalue weighted by atomic mass is 9.72. The highest BCUT2D eigenvalue weighted by atomic mass is 16.5. The molecule has 96 valence electrons. The first-order chi connectivity index (χ1) is 8.02. The van der Waals surface area contributed by atoms with Crippen LogP contribution in [0.4, 0.5) is 0 Å². The highest BCUT2D eigenvalue weighted by Crippen LogP contribution is 2.18. The molecule has 0 saturated carbocycles. The van der Waals surface area contributed by atoms with Crippen molar-refractivity contribution in [2.45, 2.75) is 44.7 Å². The summed E-state index contributed by atoms with van der Waals surface area (Å²) in [5.41, 5.74) is 5.25. The maximum Gasteiger partial charge on any atom is 0.478 e. The van der Waals surface area contributed by atoms with Crippen molar-refractivity contribution in [1.82, 2.24) is 5.32 Å². The van der Waals surface area contributed by atoms with Crippen LogP contribution in [0.15, 0.2) is 0 Å². The van der Waals surface area contributed by atoms with Gasteiger partial charge in [-0.05, 0) is 19.8 Å². The minimum absolute atomic E-state index is 0.0350. The van der Waals surface area contributed by atoms with Gasteiger partial charge in [-0.15, -0.1) is 0 Å². The van der Waals surface area contributed by atoms with Gasteiger partial charge in [0.2, 0.25) is 5.91 Å². The van der Waals surface area contributed by atoms with E-state index in [1.165, 1.54) is 6.92 Å². The van der Waals surface area contributed by atoms with Gasteiger partial charge in [-0.2, -0.15) is 0 Å². The number of carbonyl (C=O) groups excluding carboxylic acids is 2. The number of hydrogen-bond donors (Lipinski definition) is 3. The van der Waals surface area contributed by atoms with Crippen LogP contribution in [0, 0.1) is 0 Å². The summed E-state index contributed by atoms with van der Waals surface area (Å²) in [4.78, 5) is 22.2. The Morgan fingerprint density at radius 2 is 2.24 bits per heavy atom. The third kappa shape index (κ3) is 4.85. The smallest absolute Gasteiger partial charge is 0.426 e. The molecule has 0 aliphatic carbocycles. The number of amides is 1. The molecule has 4 N–H and O–H groups in total. The molecule has 0 aromatic heterocycles. The Labute approximate surface area is 101 Å². The first kappa shape index (κ1) is 14.1. The summed E-state index contributed by atoms with van der Waals surface area (Å²) in [5, 5.41) is 12.4. The van der Waals surface area contributed by atoms with Crippen molar-refractivity contribution in [2.24, 2.45) is 5.73 Å². The molecule has 7 heteroatoms. The van der Waals surface area contributed by atoms with Crippen molar-refractivity contribution in [1.29, 1.82) is 0 Å². The highest BCUT2D eigenvalue weighted by Gasteiger charge is 2.36. The average Bonchev–Trinajstić information content (AvgIpc) is 2.21. The molecule has 0 spiro atoms. The summed E-state index contributed by atoms with van der Waals surface area (Å²) in [6.07, 6.45) is 1.56. The van der Waals surface area contributed by atoms with Crippen molar-refractivity contribution in [2.75, 3.05) is 6.54 Å². The fraction of sp³-hybridized carbons (Fsp3) is 0.800. The Balaban J connectivity index is 2.37. The van der Waals surface area contributed by atoms with Crippen LogP contribution >= 0.6 is 0 Å². The lowest BCUT2D eigenvalue weighted by molar-refractivity contribution is -0.122. The van der Waals surface area contributed by atoms with Crippen molar-refractivity contribution in [3.8, 4) is 0 Å². The summed E-state index contributed by atoms with van der Waals surface area (Å²) in [6.45, 7) is 1.77. The molecule has 6 nitrogen and oxygen atoms in total. The van der Waals surface area contributed by atoms with Gasteiger partial charge in [0, 0.05) is 25.5 Å². The van der Waals surface area contributed by atoms with Gasteiger partial charge in [0.05, 0.1) is 5.94 Å². The summed E-state index contributed by atoms with van der Waals surface area (Å²) in [7, 11) is -1.05. The van der Waals surface area contributed by atoms with Crippen molar-refractivity contribution < 1.29 is 19.3 Å². The Hall–Kier alpha value is -0.915. The summed E-state index contributed by atoms with van der Waals surface area (Å²) < 4.78 is 5.28. The first-order valence-electron chi connectivity index (χ1n) is 5.85. The van der Waals surface area contributed by atoms with E-state index in [4.69, 9.17) is 10.4 Å². The molecule has 17 heavy (non-hydrogen) atoms. The lowest BCUT2D eigenvalue weighted by Gasteiger charge is -2.31. The van der Waals surface area contributed by atoms with Gasteiger partial charge in [-0.25, -0.2) is 0 Å². The van der Waals surface area contributed by atoms with E-state index in [0.29, 0.717) is 19.3 Å². The van der Waals surface area contributed by atoms with Crippen LogP contribution in [0.5, 0.6) is 0 Å². The zero-order valence-corrected chi connectivity index (χ0v) is 10.0. The highest BCUT2D eigenvalue weighted by molar-refractivity contribution is 6.45. The van der Waals surface area contributed by atoms with Gasteiger partial charge in [0.15, 0.2) is 0 Å². The number of nitrogens with two attached hydrogens (primary N) is 1. The summed E-state index contributed by atoms with van der Waals surface area (Å²) >= 11 is 0. The van der Waals surface area contributed by atoms with Gasteiger partial charge >= 0.3 is 7.12 Å². The van der Waals surface area contributed by atoms with E-state index < -0.39 is 13.1 Å². The fourth-order valence-electron chi connectivity index (χ4n) is 1.89. The molecule has 0 radical (unpaired) electrons. The minimum atomic E-state index is -1.05. The van der Waals surface area contributed by atoms with Gasteiger partial charge in [0.25, 0.3) is 0 Å². The van der Waals surface area contributed by atoms with E-state index in [9.17, 15) is 14.6 Å². The number of ketones is 1.